The van der Waals surface area contributed by atoms with Crippen LogP contribution in [0.25, 0.3) is 0 Å². The van der Waals surface area contributed by atoms with Crippen molar-refractivity contribution in [3.63, 3.8) is 0 Å². The summed E-state index contributed by atoms with van der Waals surface area (Å²) in [5.74, 6) is 1.45. The molecule has 0 unspecified atom stereocenters. The number of carbonyl (C=O) groups excluding carboxylic acids is 1. The van der Waals surface area contributed by atoms with E-state index in [9.17, 15) is 4.79 Å². The minimum Gasteiger partial charge on any atom is -0.478 e. The lowest BCUT2D eigenvalue weighted by atomic mass is 9.98. The largest absolute Gasteiger partial charge is 0.478 e. The van der Waals surface area contributed by atoms with Gasteiger partial charge >= 0.3 is 0 Å². The van der Waals surface area contributed by atoms with Gasteiger partial charge in [0, 0.05) is 18.4 Å². The Morgan fingerprint density at radius 1 is 1.00 bits per heavy atom. The van der Waals surface area contributed by atoms with Crippen molar-refractivity contribution in [2.24, 2.45) is 0 Å². The summed E-state index contributed by atoms with van der Waals surface area (Å²) in [6.07, 6.45) is 3.30. The van der Waals surface area contributed by atoms with E-state index in [1.54, 1.807) is 6.92 Å². The van der Waals surface area contributed by atoms with Crippen molar-refractivity contribution in [2.75, 3.05) is 6.61 Å². The maximum Gasteiger partial charge on any atom is 0.215 e. The van der Waals surface area contributed by atoms with Crippen LogP contribution < -0.4 is 4.74 Å². The number of hydrogen-bond donors (Lipinski definition) is 0. The molecule has 0 aliphatic carbocycles. The summed E-state index contributed by atoms with van der Waals surface area (Å²) in [7, 11) is 0. The molecule has 2 aromatic carbocycles. The van der Waals surface area contributed by atoms with Crippen molar-refractivity contribution in [2.45, 2.75) is 65.8 Å². The lowest BCUT2D eigenvalue weighted by Crippen LogP contribution is -2.07. The van der Waals surface area contributed by atoms with E-state index in [4.69, 9.17) is 9.84 Å². The van der Waals surface area contributed by atoms with Gasteiger partial charge in [0.1, 0.15) is 5.78 Å². The smallest absolute Gasteiger partial charge is 0.215 e. The second-order valence-electron chi connectivity index (χ2n) is 8.45. The predicted octanol–water partition coefficient (Wildman–Crippen LogP) is 5.96. The summed E-state index contributed by atoms with van der Waals surface area (Å²) >= 11 is 0. The quantitative estimate of drug-likeness (QED) is 0.386. The average Bonchev–Trinajstić information content (AvgIpc) is 3.07. The van der Waals surface area contributed by atoms with E-state index in [1.165, 1.54) is 22.3 Å². The highest BCUT2D eigenvalue weighted by Crippen LogP contribution is 2.31. The highest BCUT2D eigenvalue weighted by Gasteiger charge is 2.21. The van der Waals surface area contributed by atoms with Crippen molar-refractivity contribution in [1.29, 1.82) is 0 Å². The molecular formula is C27H34N2O2. The summed E-state index contributed by atoms with van der Waals surface area (Å²) in [4.78, 5) is 11.2. The maximum absolute atomic E-state index is 11.2. The summed E-state index contributed by atoms with van der Waals surface area (Å²) in [6, 6.07) is 19.1. The monoisotopic (exact) mass is 418 g/mol. The number of Topliss-reactive ketones (excluding diaryl/α,β-unsaturated/α-hetero) is 1. The summed E-state index contributed by atoms with van der Waals surface area (Å²) in [5.41, 5.74) is 6.01. The van der Waals surface area contributed by atoms with Gasteiger partial charge in [0.2, 0.25) is 5.88 Å². The Bertz CT molecular complexity index is 972. The molecule has 0 fully saturated rings. The fraction of sp³-hybridized carbons (Fsp3) is 0.407. The lowest BCUT2D eigenvalue weighted by molar-refractivity contribution is -0.117. The number of aryl methyl sites for hydroxylation is 1. The van der Waals surface area contributed by atoms with Crippen LogP contribution in [-0.2, 0) is 24.2 Å². The molecule has 3 aromatic rings. The number of ketones is 1. The van der Waals surface area contributed by atoms with E-state index in [1.807, 2.05) is 17.7 Å². The molecule has 31 heavy (non-hydrogen) atoms. The number of carbonyl (C=O) groups is 1. The van der Waals surface area contributed by atoms with Crippen molar-refractivity contribution in [3.8, 4) is 5.88 Å². The van der Waals surface area contributed by atoms with Gasteiger partial charge in [-0.2, -0.15) is 5.10 Å². The Kier molecular flexibility index (Phi) is 8.05. The Hall–Kier alpha value is -2.88. The van der Waals surface area contributed by atoms with Crippen LogP contribution in [0.2, 0.25) is 0 Å². The van der Waals surface area contributed by atoms with Gasteiger partial charge in [-0.15, -0.1) is 0 Å². The zero-order valence-corrected chi connectivity index (χ0v) is 19.2. The average molecular weight is 419 g/mol. The summed E-state index contributed by atoms with van der Waals surface area (Å²) in [5, 5.41) is 4.95. The van der Waals surface area contributed by atoms with E-state index < -0.39 is 0 Å². The first-order valence-corrected chi connectivity index (χ1v) is 11.3. The number of aromatic nitrogens is 2. The van der Waals surface area contributed by atoms with E-state index >= 15 is 0 Å². The number of rotatable bonds is 11. The lowest BCUT2D eigenvalue weighted by Gasteiger charge is -2.11. The van der Waals surface area contributed by atoms with Crippen LogP contribution in [-0.4, -0.2) is 22.2 Å². The molecule has 0 aliphatic rings. The van der Waals surface area contributed by atoms with E-state index in [0.717, 1.165) is 30.8 Å². The number of ether oxygens (including phenoxy) is 1. The van der Waals surface area contributed by atoms with E-state index in [-0.39, 0.29) is 5.78 Å². The molecule has 0 bridgehead atoms. The molecule has 0 aliphatic heterocycles. The molecule has 0 radical (unpaired) electrons. The zero-order chi connectivity index (χ0) is 22.2. The van der Waals surface area contributed by atoms with Crippen LogP contribution >= 0.6 is 0 Å². The minimum absolute atomic E-state index is 0.258. The summed E-state index contributed by atoms with van der Waals surface area (Å²) < 4.78 is 8.12. The molecule has 4 heteroatoms. The Morgan fingerprint density at radius 2 is 1.68 bits per heavy atom. The van der Waals surface area contributed by atoms with Gasteiger partial charge in [0.15, 0.2) is 0 Å². The molecule has 0 saturated heterocycles. The number of hydrogen-bond acceptors (Lipinski definition) is 3. The molecule has 164 valence electrons. The van der Waals surface area contributed by atoms with Crippen molar-refractivity contribution in [1.82, 2.24) is 9.78 Å². The SMILES string of the molecule is CCOc1c(Cc2ccc(CCCC(C)=O)cc2)c(C(C)C)nn1Cc1ccccc1. The Labute approximate surface area is 186 Å². The molecule has 0 atom stereocenters. The first-order chi connectivity index (χ1) is 15.0. The zero-order valence-electron chi connectivity index (χ0n) is 19.2. The van der Waals surface area contributed by atoms with Crippen LogP contribution in [0.1, 0.15) is 74.4 Å². The third kappa shape index (κ3) is 6.30. The molecule has 0 N–H and O–H groups in total. The van der Waals surface area contributed by atoms with Crippen LogP contribution in [0.3, 0.4) is 0 Å². The molecule has 1 aromatic heterocycles. The Balaban J connectivity index is 1.84. The normalized spacial score (nSPS) is 11.1. The molecule has 3 rings (SSSR count). The fourth-order valence-corrected chi connectivity index (χ4v) is 3.86. The van der Waals surface area contributed by atoms with Crippen molar-refractivity contribution in [3.05, 3.63) is 82.5 Å². The van der Waals surface area contributed by atoms with Gasteiger partial charge in [0.05, 0.1) is 18.8 Å². The fourth-order valence-electron chi connectivity index (χ4n) is 3.86. The van der Waals surface area contributed by atoms with Crippen molar-refractivity contribution < 1.29 is 9.53 Å². The van der Waals surface area contributed by atoms with Gasteiger partial charge in [0.25, 0.3) is 0 Å². The second-order valence-corrected chi connectivity index (χ2v) is 8.45. The van der Waals surface area contributed by atoms with Crippen LogP contribution in [0.4, 0.5) is 0 Å². The first-order valence-electron chi connectivity index (χ1n) is 11.3. The highest BCUT2D eigenvalue weighted by molar-refractivity contribution is 5.75. The first kappa shape index (κ1) is 22.8. The topological polar surface area (TPSA) is 44.1 Å². The number of nitrogens with zero attached hydrogens (tertiary/aromatic N) is 2. The van der Waals surface area contributed by atoms with Crippen LogP contribution in [0.5, 0.6) is 5.88 Å². The molecular weight excluding hydrogens is 384 g/mol. The Morgan fingerprint density at radius 3 is 2.29 bits per heavy atom. The van der Waals surface area contributed by atoms with Gasteiger partial charge in [-0.1, -0.05) is 68.4 Å². The van der Waals surface area contributed by atoms with E-state index in [0.29, 0.717) is 25.5 Å². The van der Waals surface area contributed by atoms with Gasteiger partial charge < -0.3 is 9.53 Å². The summed E-state index contributed by atoms with van der Waals surface area (Å²) in [6.45, 7) is 9.36. The van der Waals surface area contributed by atoms with Gasteiger partial charge in [-0.05, 0) is 49.3 Å². The van der Waals surface area contributed by atoms with Crippen LogP contribution in [0.15, 0.2) is 54.6 Å². The maximum atomic E-state index is 11.2. The third-order valence-electron chi connectivity index (χ3n) is 5.43. The molecule has 0 amide bonds. The minimum atomic E-state index is 0.258. The predicted molar refractivity (Wildman–Crippen MR) is 126 cm³/mol. The highest BCUT2D eigenvalue weighted by atomic mass is 16.5. The van der Waals surface area contributed by atoms with Crippen LogP contribution in [0, 0.1) is 0 Å². The standard InChI is InChI=1S/C27H34N2O2/c1-5-31-27-25(18-23-16-14-22(15-17-23)13-9-10-21(4)30)26(20(2)3)28-29(27)19-24-11-7-6-8-12-24/h6-8,11-12,14-17,20H,5,9-10,13,18-19H2,1-4H3. The third-order valence-corrected chi connectivity index (χ3v) is 5.43. The molecule has 0 spiro atoms. The molecule has 0 saturated carbocycles. The van der Waals surface area contributed by atoms with E-state index in [2.05, 4.69) is 62.4 Å². The van der Waals surface area contributed by atoms with Gasteiger partial charge in [-0.3, -0.25) is 0 Å². The van der Waals surface area contributed by atoms with Gasteiger partial charge in [-0.25, -0.2) is 4.68 Å². The van der Waals surface area contributed by atoms with Crippen molar-refractivity contribution >= 4 is 5.78 Å². The number of benzene rings is 2. The second kappa shape index (κ2) is 10.9. The molecule has 4 nitrogen and oxygen atoms in total. The molecule has 1 heterocycles.